The fourth-order valence-corrected chi connectivity index (χ4v) is 3.28. The molecule has 0 radical (unpaired) electrons. The molecule has 3 rings (SSSR count). The quantitative estimate of drug-likeness (QED) is 0.819. The normalized spacial score (nSPS) is 16.5. The molecule has 1 aliphatic heterocycles. The van der Waals surface area contributed by atoms with Gasteiger partial charge in [0.2, 0.25) is 5.91 Å². The van der Waals surface area contributed by atoms with Crippen LogP contribution in [-0.2, 0) is 16.1 Å². The molecule has 1 aromatic heterocycles. The van der Waals surface area contributed by atoms with E-state index < -0.39 is 0 Å². The molecule has 1 atom stereocenters. The Kier molecular flexibility index (Phi) is 6.44. The predicted molar refractivity (Wildman–Crippen MR) is 96.4 cm³/mol. The molecule has 1 unspecified atom stereocenters. The van der Waals surface area contributed by atoms with Crippen molar-refractivity contribution in [3.63, 3.8) is 0 Å². The minimum atomic E-state index is 0.0269. The number of rotatable bonds is 7. The zero-order chi connectivity index (χ0) is 17.5. The smallest absolute Gasteiger partial charge is 0.221 e. The summed E-state index contributed by atoms with van der Waals surface area (Å²) in [6.07, 6.45) is 5.71. The molecule has 2 aromatic rings. The number of halogens is 1. The van der Waals surface area contributed by atoms with Crippen molar-refractivity contribution in [3.05, 3.63) is 53.6 Å². The van der Waals surface area contributed by atoms with Crippen LogP contribution < -0.4 is 5.32 Å². The Labute approximate surface area is 152 Å². The molecule has 134 valence electrons. The lowest BCUT2D eigenvalue weighted by atomic mass is 10.0. The van der Waals surface area contributed by atoms with Crippen LogP contribution >= 0.6 is 11.6 Å². The lowest BCUT2D eigenvalue weighted by Gasteiger charge is -2.35. The van der Waals surface area contributed by atoms with Gasteiger partial charge >= 0.3 is 0 Å². The number of nitrogens with zero attached hydrogens (tertiary/aromatic N) is 3. The van der Waals surface area contributed by atoms with Crippen LogP contribution in [0.5, 0.6) is 0 Å². The van der Waals surface area contributed by atoms with Gasteiger partial charge in [0.15, 0.2) is 0 Å². The van der Waals surface area contributed by atoms with Crippen LogP contribution in [0.25, 0.3) is 0 Å². The van der Waals surface area contributed by atoms with Gasteiger partial charge in [-0.15, -0.1) is 0 Å². The van der Waals surface area contributed by atoms with Crippen molar-refractivity contribution in [2.45, 2.75) is 19.0 Å². The lowest BCUT2D eigenvalue weighted by molar-refractivity contribution is -0.121. The number of imidazole rings is 1. The van der Waals surface area contributed by atoms with Crippen molar-refractivity contribution in [2.24, 2.45) is 0 Å². The summed E-state index contributed by atoms with van der Waals surface area (Å²) in [5.74, 6) is 0.0269. The number of hydrogen-bond donors (Lipinski definition) is 1. The van der Waals surface area contributed by atoms with Crippen LogP contribution in [0.3, 0.4) is 0 Å². The molecule has 7 heteroatoms. The third kappa shape index (κ3) is 5.04. The zero-order valence-electron chi connectivity index (χ0n) is 14.1. The molecule has 0 saturated carbocycles. The zero-order valence-corrected chi connectivity index (χ0v) is 14.9. The van der Waals surface area contributed by atoms with Crippen molar-refractivity contribution in [2.75, 3.05) is 32.8 Å². The number of aryl methyl sites for hydroxylation is 1. The first kappa shape index (κ1) is 17.9. The first-order valence-electron chi connectivity index (χ1n) is 8.52. The summed E-state index contributed by atoms with van der Waals surface area (Å²) in [5, 5.41) is 3.78. The average molecular weight is 363 g/mol. The molecular formula is C18H23ClN4O2. The summed E-state index contributed by atoms with van der Waals surface area (Å²) in [6.45, 7) is 4.24. The van der Waals surface area contributed by atoms with Crippen molar-refractivity contribution in [1.82, 2.24) is 19.8 Å². The van der Waals surface area contributed by atoms with Crippen molar-refractivity contribution < 1.29 is 9.53 Å². The van der Waals surface area contributed by atoms with E-state index >= 15 is 0 Å². The molecule has 1 fully saturated rings. The maximum absolute atomic E-state index is 12.2. The number of ether oxygens (including phenoxy) is 1. The van der Waals surface area contributed by atoms with E-state index in [0.717, 1.165) is 23.7 Å². The van der Waals surface area contributed by atoms with E-state index in [-0.39, 0.29) is 11.9 Å². The highest BCUT2D eigenvalue weighted by Crippen LogP contribution is 2.27. The Balaban J connectivity index is 1.61. The minimum absolute atomic E-state index is 0.0269. The first-order valence-corrected chi connectivity index (χ1v) is 8.90. The Hall–Kier alpha value is -1.89. The fraction of sp³-hybridized carbons (Fsp3) is 0.444. The molecule has 0 aliphatic carbocycles. The molecule has 25 heavy (non-hydrogen) atoms. The van der Waals surface area contributed by atoms with Gasteiger partial charge < -0.3 is 14.6 Å². The Bertz CT molecular complexity index is 671. The summed E-state index contributed by atoms with van der Waals surface area (Å²) >= 11 is 6.40. The summed E-state index contributed by atoms with van der Waals surface area (Å²) in [5.41, 5.74) is 1.04. The Morgan fingerprint density at radius 1 is 1.32 bits per heavy atom. The van der Waals surface area contributed by atoms with Gasteiger partial charge in [0.1, 0.15) is 0 Å². The summed E-state index contributed by atoms with van der Waals surface area (Å²) < 4.78 is 7.35. The molecule has 1 aliphatic rings. The second kappa shape index (κ2) is 8.99. The van der Waals surface area contributed by atoms with E-state index in [9.17, 15) is 4.79 Å². The van der Waals surface area contributed by atoms with Crippen molar-refractivity contribution >= 4 is 17.5 Å². The van der Waals surface area contributed by atoms with E-state index in [4.69, 9.17) is 16.3 Å². The van der Waals surface area contributed by atoms with Gasteiger partial charge in [-0.3, -0.25) is 9.69 Å². The molecule has 6 nitrogen and oxygen atoms in total. The molecule has 1 aromatic carbocycles. The molecular weight excluding hydrogens is 340 g/mol. The van der Waals surface area contributed by atoms with Gasteiger partial charge in [-0.1, -0.05) is 29.8 Å². The SMILES string of the molecule is O=C(CCn1ccnc1)NCC(c1ccccc1Cl)N1CCOCC1. The van der Waals surface area contributed by atoms with E-state index in [2.05, 4.69) is 15.2 Å². The van der Waals surface area contributed by atoms with Gasteiger partial charge in [-0.25, -0.2) is 4.98 Å². The van der Waals surface area contributed by atoms with E-state index in [1.807, 2.05) is 35.0 Å². The Morgan fingerprint density at radius 3 is 2.84 bits per heavy atom. The monoisotopic (exact) mass is 362 g/mol. The fourth-order valence-electron chi connectivity index (χ4n) is 3.02. The lowest BCUT2D eigenvalue weighted by Crippen LogP contribution is -2.44. The molecule has 0 bridgehead atoms. The van der Waals surface area contributed by atoms with Crippen LogP contribution in [0, 0.1) is 0 Å². The molecule has 1 saturated heterocycles. The number of nitrogens with one attached hydrogen (secondary N) is 1. The first-order chi connectivity index (χ1) is 12.2. The topological polar surface area (TPSA) is 59.4 Å². The van der Waals surface area contributed by atoms with E-state index in [1.165, 1.54) is 0 Å². The highest BCUT2D eigenvalue weighted by molar-refractivity contribution is 6.31. The predicted octanol–water partition coefficient (Wildman–Crippen LogP) is 2.12. The van der Waals surface area contributed by atoms with Gasteiger partial charge in [-0.2, -0.15) is 0 Å². The van der Waals surface area contributed by atoms with Crippen LogP contribution in [0.4, 0.5) is 0 Å². The highest BCUT2D eigenvalue weighted by Gasteiger charge is 2.24. The van der Waals surface area contributed by atoms with Crippen molar-refractivity contribution in [1.29, 1.82) is 0 Å². The maximum atomic E-state index is 12.2. The number of carbonyl (C=O) groups excluding carboxylic acids is 1. The third-order valence-corrected chi connectivity index (χ3v) is 4.74. The molecule has 1 N–H and O–H groups in total. The summed E-state index contributed by atoms with van der Waals surface area (Å²) in [6, 6.07) is 7.88. The standard InChI is InChI=1S/C18H23ClN4O2/c19-16-4-2-1-3-15(16)17(23-9-11-25-12-10-23)13-21-18(24)5-7-22-8-6-20-14-22/h1-4,6,8,14,17H,5,7,9-13H2,(H,21,24). The number of amides is 1. The average Bonchev–Trinajstić information content (AvgIpc) is 3.16. The largest absolute Gasteiger partial charge is 0.379 e. The number of aromatic nitrogens is 2. The summed E-state index contributed by atoms with van der Waals surface area (Å²) in [4.78, 5) is 18.5. The molecule has 0 spiro atoms. The van der Waals surface area contributed by atoms with Gasteiger partial charge in [-0.05, 0) is 11.6 Å². The number of morpholine rings is 1. The second-order valence-electron chi connectivity index (χ2n) is 6.04. The van der Waals surface area contributed by atoms with Gasteiger partial charge in [0, 0.05) is 50.0 Å². The number of benzene rings is 1. The van der Waals surface area contributed by atoms with Gasteiger partial charge in [0.05, 0.1) is 25.6 Å². The van der Waals surface area contributed by atoms with Crippen LogP contribution in [0.1, 0.15) is 18.0 Å². The highest BCUT2D eigenvalue weighted by atomic mass is 35.5. The number of carbonyl (C=O) groups is 1. The molecule has 1 amide bonds. The maximum Gasteiger partial charge on any atom is 0.221 e. The van der Waals surface area contributed by atoms with Crippen molar-refractivity contribution in [3.8, 4) is 0 Å². The van der Waals surface area contributed by atoms with Crippen LogP contribution in [-0.4, -0.2) is 53.2 Å². The summed E-state index contributed by atoms with van der Waals surface area (Å²) in [7, 11) is 0. The number of hydrogen-bond acceptors (Lipinski definition) is 4. The van der Waals surface area contributed by atoms with Gasteiger partial charge in [0.25, 0.3) is 0 Å². The van der Waals surface area contributed by atoms with E-state index in [1.54, 1.807) is 12.5 Å². The minimum Gasteiger partial charge on any atom is -0.379 e. The van der Waals surface area contributed by atoms with E-state index in [0.29, 0.717) is 32.7 Å². The Morgan fingerprint density at radius 2 is 2.12 bits per heavy atom. The second-order valence-corrected chi connectivity index (χ2v) is 6.45. The molecule has 2 heterocycles. The third-order valence-electron chi connectivity index (χ3n) is 4.40. The van der Waals surface area contributed by atoms with Crippen LogP contribution in [0.2, 0.25) is 5.02 Å². The van der Waals surface area contributed by atoms with Crippen LogP contribution in [0.15, 0.2) is 43.0 Å².